The van der Waals surface area contributed by atoms with Gasteiger partial charge in [-0.05, 0) is 19.3 Å². The van der Waals surface area contributed by atoms with Crippen LogP contribution < -0.4 is 0 Å². The minimum Gasteiger partial charge on any atom is -0.456 e. The monoisotopic (exact) mass is 376 g/mol. The highest BCUT2D eigenvalue weighted by Gasteiger charge is 2.53. The van der Waals surface area contributed by atoms with Crippen molar-refractivity contribution >= 4 is 11.9 Å². The lowest BCUT2D eigenvalue weighted by molar-refractivity contribution is -0.260. The first kappa shape index (κ1) is 19.8. The molecule has 0 aromatic rings. The number of alkyl halides is 5. The largest absolute Gasteiger partial charge is 0.490 e. The molecular weight excluding hydrogens is 359 g/mol. The molecule has 0 aromatic carbocycles. The molecule has 1 aliphatic heterocycles. The molecule has 1 aliphatic carbocycles. The van der Waals surface area contributed by atoms with Crippen molar-refractivity contribution in [1.29, 1.82) is 0 Å². The zero-order valence-corrected chi connectivity index (χ0v) is 13.2. The molecule has 11 heteroatoms. The SMILES string of the molecule is CC(F)(F)C(=O)OC1CCCCC12OCC(COC(=O)C(F)(F)F)O2. The van der Waals surface area contributed by atoms with E-state index < -0.39 is 48.6 Å². The zero-order chi connectivity index (χ0) is 18.9. The maximum Gasteiger partial charge on any atom is 0.490 e. The standard InChI is InChI=1S/C14H17F5O6/c1-12(15,16)10(20)24-9-4-2-3-5-13(9)23-7-8(25-13)6-22-11(21)14(17,18)19/h8-9H,2-7H2,1H3. The van der Waals surface area contributed by atoms with Crippen molar-refractivity contribution in [3.8, 4) is 0 Å². The summed E-state index contributed by atoms with van der Waals surface area (Å²) in [5.41, 5.74) is 0. The highest BCUT2D eigenvalue weighted by Crippen LogP contribution is 2.40. The van der Waals surface area contributed by atoms with Crippen LogP contribution in [0.1, 0.15) is 32.6 Å². The van der Waals surface area contributed by atoms with Gasteiger partial charge < -0.3 is 18.9 Å². The van der Waals surface area contributed by atoms with Gasteiger partial charge in [0.2, 0.25) is 5.79 Å². The van der Waals surface area contributed by atoms with Gasteiger partial charge in [0.25, 0.3) is 0 Å². The lowest BCUT2D eigenvalue weighted by Gasteiger charge is -2.39. The Labute approximate surface area is 139 Å². The summed E-state index contributed by atoms with van der Waals surface area (Å²) in [5, 5.41) is 0. The van der Waals surface area contributed by atoms with Crippen molar-refractivity contribution in [3.05, 3.63) is 0 Å². The Hall–Kier alpha value is -1.49. The average molecular weight is 376 g/mol. The molecule has 0 bridgehead atoms. The summed E-state index contributed by atoms with van der Waals surface area (Å²) in [7, 11) is 0. The highest BCUT2D eigenvalue weighted by molar-refractivity contribution is 5.77. The molecule has 1 heterocycles. The van der Waals surface area contributed by atoms with Crippen LogP contribution in [0, 0.1) is 0 Å². The van der Waals surface area contributed by atoms with Crippen molar-refractivity contribution in [3.63, 3.8) is 0 Å². The van der Waals surface area contributed by atoms with Crippen LogP contribution in [-0.2, 0) is 28.5 Å². The van der Waals surface area contributed by atoms with Gasteiger partial charge in [0, 0.05) is 13.3 Å². The summed E-state index contributed by atoms with van der Waals surface area (Å²) in [5.74, 6) is -9.32. The highest BCUT2D eigenvalue weighted by atomic mass is 19.4. The molecule has 0 amide bonds. The van der Waals surface area contributed by atoms with Crippen LogP contribution in [0.5, 0.6) is 0 Å². The minimum atomic E-state index is -5.13. The second-order valence-electron chi connectivity index (χ2n) is 5.99. The molecule has 1 spiro atoms. The van der Waals surface area contributed by atoms with E-state index in [0.29, 0.717) is 19.8 Å². The molecule has 2 fully saturated rings. The second kappa shape index (κ2) is 7.02. The van der Waals surface area contributed by atoms with E-state index in [0.717, 1.165) is 0 Å². The van der Waals surface area contributed by atoms with Gasteiger partial charge in [-0.1, -0.05) is 0 Å². The number of halogens is 5. The molecule has 0 N–H and O–H groups in total. The summed E-state index contributed by atoms with van der Waals surface area (Å²) in [6.45, 7) is -0.549. The number of rotatable bonds is 4. The van der Waals surface area contributed by atoms with Gasteiger partial charge in [-0.3, -0.25) is 0 Å². The van der Waals surface area contributed by atoms with Crippen LogP contribution >= 0.6 is 0 Å². The first-order valence-corrected chi connectivity index (χ1v) is 7.59. The van der Waals surface area contributed by atoms with Gasteiger partial charge in [0.05, 0.1) is 6.61 Å². The molecule has 144 valence electrons. The Morgan fingerprint density at radius 2 is 1.84 bits per heavy atom. The Morgan fingerprint density at radius 3 is 2.44 bits per heavy atom. The summed E-state index contributed by atoms with van der Waals surface area (Å²) in [6.07, 6.45) is -5.69. The molecule has 0 aromatic heterocycles. The number of esters is 2. The number of ether oxygens (including phenoxy) is 4. The number of hydrogen-bond donors (Lipinski definition) is 0. The van der Waals surface area contributed by atoms with Gasteiger partial charge in [-0.2, -0.15) is 22.0 Å². The molecule has 3 unspecified atom stereocenters. The predicted octanol–water partition coefficient (Wildman–Crippen LogP) is 2.34. The normalized spacial score (nSPS) is 30.3. The van der Waals surface area contributed by atoms with Gasteiger partial charge in [0.15, 0.2) is 6.10 Å². The summed E-state index contributed by atoms with van der Waals surface area (Å²) in [6, 6.07) is 0. The minimum absolute atomic E-state index is 0.205. The van der Waals surface area contributed by atoms with Crippen molar-refractivity contribution in [2.24, 2.45) is 0 Å². The predicted molar refractivity (Wildman–Crippen MR) is 69.5 cm³/mol. The van der Waals surface area contributed by atoms with Crippen LogP contribution in [-0.4, -0.2) is 55.2 Å². The molecular formula is C14H17F5O6. The van der Waals surface area contributed by atoms with Crippen molar-refractivity contribution < 1.29 is 50.5 Å². The van der Waals surface area contributed by atoms with Crippen LogP contribution in [0.3, 0.4) is 0 Å². The maximum absolute atomic E-state index is 13.0. The zero-order valence-electron chi connectivity index (χ0n) is 13.2. The van der Waals surface area contributed by atoms with Crippen LogP contribution in [0.2, 0.25) is 0 Å². The Bertz CT molecular complexity index is 517. The fraction of sp³-hybridized carbons (Fsp3) is 0.857. The van der Waals surface area contributed by atoms with Crippen LogP contribution in [0.25, 0.3) is 0 Å². The molecule has 25 heavy (non-hydrogen) atoms. The van der Waals surface area contributed by atoms with Gasteiger partial charge in [-0.15, -0.1) is 0 Å². The van der Waals surface area contributed by atoms with E-state index in [1.807, 2.05) is 0 Å². The average Bonchev–Trinajstić information content (AvgIpc) is 2.89. The summed E-state index contributed by atoms with van der Waals surface area (Å²) in [4.78, 5) is 22.1. The summed E-state index contributed by atoms with van der Waals surface area (Å²) < 4.78 is 82.2. The number of carbonyl (C=O) groups excluding carboxylic acids is 2. The third-order valence-corrected chi connectivity index (χ3v) is 3.85. The van der Waals surface area contributed by atoms with E-state index in [9.17, 15) is 31.5 Å². The molecule has 6 nitrogen and oxygen atoms in total. The molecule has 0 radical (unpaired) electrons. The van der Waals surface area contributed by atoms with E-state index in [1.165, 1.54) is 0 Å². The molecule has 1 saturated heterocycles. The molecule has 2 rings (SSSR count). The Morgan fingerprint density at radius 1 is 1.16 bits per heavy atom. The van der Waals surface area contributed by atoms with Gasteiger partial charge in [-0.25, -0.2) is 9.59 Å². The maximum atomic E-state index is 13.0. The smallest absolute Gasteiger partial charge is 0.456 e. The van der Waals surface area contributed by atoms with Gasteiger partial charge >= 0.3 is 24.0 Å². The Balaban J connectivity index is 1.97. The van der Waals surface area contributed by atoms with Crippen LogP contribution in [0.15, 0.2) is 0 Å². The van der Waals surface area contributed by atoms with E-state index in [2.05, 4.69) is 4.74 Å². The Kier molecular flexibility index (Phi) is 5.57. The third kappa shape index (κ3) is 4.78. The molecule has 1 saturated carbocycles. The van der Waals surface area contributed by atoms with E-state index in [1.54, 1.807) is 0 Å². The van der Waals surface area contributed by atoms with E-state index in [-0.39, 0.29) is 19.4 Å². The van der Waals surface area contributed by atoms with Crippen molar-refractivity contribution in [2.75, 3.05) is 13.2 Å². The molecule has 3 atom stereocenters. The second-order valence-corrected chi connectivity index (χ2v) is 5.99. The van der Waals surface area contributed by atoms with Crippen molar-refractivity contribution in [2.45, 2.75) is 62.7 Å². The number of hydrogen-bond acceptors (Lipinski definition) is 6. The fourth-order valence-electron chi connectivity index (χ4n) is 2.68. The number of carbonyl (C=O) groups is 2. The topological polar surface area (TPSA) is 71.1 Å². The third-order valence-electron chi connectivity index (χ3n) is 3.85. The summed E-state index contributed by atoms with van der Waals surface area (Å²) >= 11 is 0. The quantitative estimate of drug-likeness (QED) is 0.554. The molecule has 2 aliphatic rings. The fourth-order valence-corrected chi connectivity index (χ4v) is 2.68. The van der Waals surface area contributed by atoms with E-state index >= 15 is 0 Å². The lowest BCUT2D eigenvalue weighted by Crippen LogP contribution is -2.50. The van der Waals surface area contributed by atoms with Crippen molar-refractivity contribution in [1.82, 2.24) is 0 Å². The first-order valence-electron chi connectivity index (χ1n) is 7.59. The van der Waals surface area contributed by atoms with Crippen LogP contribution in [0.4, 0.5) is 22.0 Å². The lowest BCUT2D eigenvalue weighted by atomic mass is 9.91. The van der Waals surface area contributed by atoms with Gasteiger partial charge in [0.1, 0.15) is 12.7 Å². The first-order chi connectivity index (χ1) is 11.4. The van der Waals surface area contributed by atoms with E-state index in [4.69, 9.17) is 14.2 Å².